The van der Waals surface area contributed by atoms with Crippen LogP contribution in [0.15, 0.2) is 16.8 Å². The normalized spacial score (nSPS) is 12.5. The Morgan fingerprint density at radius 1 is 1.55 bits per heavy atom. The Hall–Kier alpha value is -0.920. The zero-order valence-corrected chi connectivity index (χ0v) is 7.42. The molecule has 0 amide bonds. The average molecular weight is 153 g/mol. The van der Waals surface area contributed by atoms with Crippen LogP contribution >= 0.6 is 0 Å². The van der Waals surface area contributed by atoms with Gasteiger partial charge in [-0.2, -0.15) is 0 Å². The number of allylic oxidation sites excluding steroid dienone is 1. The predicted molar refractivity (Wildman–Crippen MR) is 47.8 cm³/mol. The van der Waals surface area contributed by atoms with E-state index in [2.05, 4.69) is 4.99 Å². The van der Waals surface area contributed by atoms with Crippen LogP contribution in [0.1, 0.15) is 33.6 Å². The van der Waals surface area contributed by atoms with E-state index in [4.69, 9.17) is 0 Å². The van der Waals surface area contributed by atoms with Crippen LogP contribution in [-0.4, -0.2) is 12.0 Å². The van der Waals surface area contributed by atoms with Gasteiger partial charge in [-0.3, -0.25) is 9.79 Å². The van der Waals surface area contributed by atoms with E-state index in [0.29, 0.717) is 6.42 Å². The van der Waals surface area contributed by atoms with Crippen LogP contribution in [0.2, 0.25) is 0 Å². The van der Waals surface area contributed by atoms with Crippen molar-refractivity contribution in [2.24, 2.45) is 4.99 Å². The van der Waals surface area contributed by atoms with Gasteiger partial charge in [0.25, 0.3) is 0 Å². The maximum Gasteiger partial charge on any atom is 0.160 e. The summed E-state index contributed by atoms with van der Waals surface area (Å²) in [5, 5.41) is 0. The van der Waals surface area contributed by atoms with Gasteiger partial charge < -0.3 is 0 Å². The van der Waals surface area contributed by atoms with Crippen LogP contribution in [0.5, 0.6) is 0 Å². The molecule has 0 saturated carbocycles. The molecule has 2 heteroatoms. The molecule has 0 aromatic rings. The molecule has 62 valence electrons. The highest BCUT2D eigenvalue weighted by atomic mass is 16.1. The summed E-state index contributed by atoms with van der Waals surface area (Å²) in [6, 6.07) is 0. The largest absolute Gasteiger partial charge is 0.295 e. The van der Waals surface area contributed by atoms with Gasteiger partial charge in [0.1, 0.15) is 0 Å². The Morgan fingerprint density at radius 3 is 2.64 bits per heavy atom. The molecule has 0 radical (unpaired) electrons. The summed E-state index contributed by atoms with van der Waals surface area (Å²) >= 11 is 0. The van der Waals surface area contributed by atoms with Gasteiger partial charge in [0, 0.05) is 24.4 Å². The smallest absolute Gasteiger partial charge is 0.160 e. The highest BCUT2D eigenvalue weighted by molar-refractivity contribution is 5.94. The first-order valence-electron chi connectivity index (χ1n) is 3.90. The third-order valence-corrected chi connectivity index (χ3v) is 1.33. The molecule has 0 atom stereocenters. The monoisotopic (exact) mass is 153 g/mol. The van der Waals surface area contributed by atoms with Crippen molar-refractivity contribution in [2.75, 3.05) is 0 Å². The molecule has 0 aromatic carbocycles. The Kier molecular flexibility index (Phi) is 5.35. The average Bonchev–Trinajstić information content (AvgIpc) is 2.00. The lowest BCUT2D eigenvalue weighted by Crippen LogP contribution is -1.97. The fourth-order valence-electron chi connectivity index (χ4n) is 0.683. The number of ketones is 1. The summed E-state index contributed by atoms with van der Waals surface area (Å²) in [4.78, 5) is 15.0. The summed E-state index contributed by atoms with van der Waals surface area (Å²) in [6.07, 6.45) is 4.81. The standard InChI is InChI=1S/C9H15NO/c1-4-6-9(11)8(3)7-10-5-2/h5,7H,4,6H2,1-3H3/b8-7+,10-5-. The van der Waals surface area contributed by atoms with Crippen molar-refractivity contribution in [3.8, 4) is 0 Å². The van der Waals surface area contributed by atoms with E-state index < -0.39 is 0 Å². The van der Waals surface area contributed by atoms with Gasteiger partial charge in [-0.05, 0) is 20.3 Å². The zero-order valence-electron chi connectivity index (χ0n) is 7.42. The molecule has 0 unspecified atom stereocenters. The minimum absolute atomic E-state index is 0.193. The Morgan fingerprint density at radius 2 is 2.18 bits per heavy atom. The lowest BCUT2D eigenvalue weighted by molar-refractivity contribution is -0.115. The Bertz CT molecular complexity index is 180. The maximum absolute atomic E-state index is 11.1. The minimum atomic E-state index is 0.193. The highest BCUT2D eigenvalue weighted by Crippen LogP contribution is 2.00. The van der Waals surface area contributed by atoms with Crippen molar-refractivity contribution in [1.82, 2.24) is 0 Å². The molecular weight excluding hydrogens is 138 g/mol. The van der Waals surface area contributed by atoms with Crippen LogP contribution in [0.3, 0.4) is 0 Å². The van der Waals surface area contributed by atoms with Gasteiger partial charge in [0.05, 0.1) is 0 Å². The van der Waals surface area contributed by atoms with E-state index in [1.807, 2.05) is 13.8 Å². The summed E-state index contributed by atoms with van der Waals surface area (Å²) in [6.45, 7) is 5.62. The molecule has 0 saturated heterocycles. The van der Waals surface area contributed by atoms with Gasteiger partial charge >= 0.3 is 0 Å². The molecule has 0 heterocycles. The summed E-state index contributed by atoms with van der Waals surface area (Å²) < 4.78 is 0. The molecule has 0 aliphatic carbocycles. The third kappa shape index (κ3) is 4.48. The molecule has 0 N–H and O–H groups in total. The zero-order chi connectivity index (χ0) is 8.69. The lowest BCUT2D eigenvalue weighted by Gasteiger charge is -1.94. The number of aliphatic imine (C=N–C) groups is 1. The SMILES string of the molecule is C/C=N\C=C(/C)C(=O)CCC. The number of Topliss-reactive ketones (excluding diaryl/α,β-unsaturated/α-hetero) is 1. The summed E-state index contributed by atoms with van der Waals surface area (Å²) in [5.74, 6) is 0.193. The number of hydrogen-bond acceptors (Lipinski definition) is 2. The molecular formula is C9H15NO. The second kappa shape index (κ2) is 5.83. The second-order valence-electron chi connectivity index (χ2n) is 2.39. The third-order valence-electron chi connectivity index (χ3n) is 1.33. The molecule has 0 aliphatic rings. The van der Waals surface area contributed by atoms with Crippen LogP contribution < -0.4 is 0 Å². The van der Waals surface area contributed by atoms with Gasteiger partial charge in [-0.1, -0.05) is 6.92 Å². The number of carbonyl (C=O) groups excluding carboxylic acids is 1. The van der Waals surface area contributed by atoms with E-state index in [0.717, 1.165) is 12.0 Å². The van der Waals surface area contributed by atoms with E-state index in [1.165, 1.54) is 0 Å². The van der Waals surface area contributed by atoms with E-state index in [1.54, 1.807) is 19.3 Å². The van der Waals surface area contributed by atoms with Crippen molar-refractivity contribution in [3.05, 3.63) is 11.8 Å². The molecule has 0 aromatic heterocycles. The Balaban J connectivity index is 4.00. The highest BCUT2D eigenvalue weighted by Gasteiger charge is 2.00. The van der Waals surface area contributed by atoms with Crippen molar-refractivity contribution in [2.45, 2.75) is 33.6 Å². The molecule has 0 fully saturated rings. The molecule has 0 aliphatic heterocycles. The van der Waals surface area contributed by atoms with Gasteiger partial charge in [0.2, 0.25) is 0 Å². The van der Waals surface area contributed by atoms with Gasteiger partial charge in [-0.15, -0.1) is 0 Å². The first-order valence-corrected chi connectivity index (χ1v) is 3.90. The first kappa shape index (κ1) is 10.1. The van der Waals surface area contributed by atoms with E-state index in [-0.39, 0.29) is 5.78 Å². The molecule has 2 nitrogen and oxygen atoms in total. The number of hydrogen-bond donors (Lipinski definition) is 0. The van der Waals surface area contributed by atoms with Crippen molar-refractivity contribution in [1.29, 1.82) is 0 Å². The quantitative estimate of drug-likeness (QED) is 0.450. The topological polar surface area (TPSA) is 29.4 Å². The minimum Gasteiger partial charge on any atom is -0.295 e. The van der Waals surface area contributed by atoms with Gasteiger partial charge in [-0.25, -0.2) is 0 Å². The molecule has 0 rings (SSSR count). The lowest BCUT2D eigenvalue weighted by atomic mass is 10.1. The van der Waals surface area contributed by atoms with Crippen LogP contribution in [0, 0.1) is 0 Å². The predicted octanol–water partition coefficient (Wildman–Crippen LogP) is 2.35. The number of carbonyl (C=O) groups is 1. The van der Waals surface area contributed by atoms with Crippen LogP contribution in [0.25, 0.3) is 0 Å². The van der Waals surface area contributed by atoms with Crippen molar-refractivity contribution in [3.63, 3.8) is 0 Å². The summed E-state index contributed by atoms with van der Waals surface area (Å²) in [5.41, 5.74) is 0.741. The van der Waals surface area contributed by atoms with E-state index in [9.17, 15) is 4.79 Å². The second-order valence-corrected chi connectivity index (χ2v) is 2.39. The molecule has 11 heavy (non-hydrogen) atoms. The molecule has 0 bridgehead atoms. The van der Waals surface area contributed by atoms with Crippen LogP contribution in [-0.2, 0) is 4.79 Å². The Labute approximate surface area is 68.0 Å². The summed E-state index contributed by atoms with van der Waals surface area (Å²) in [7, 11) is 0. The fourth-order valence-corrected chi connectivity index (χ4v) is 0.683. The van der Waals surface area contributed by atoms with E-state index >= 15 is 0 Å². The fraction of sp³-hybridized carbons (Fsp3) is 0.556. The number of rotatable bonds is 4. The maximum atomic E-state index is 11.1. The molecule has 0 spiro atoms. The number of nitrogens with zero attached hydrogens (tertiary/aromatic N) is 1. The van der Waals surface area contributed by atoms with Crippen LogP contribution in [0.4, 0.5) is 0 Å². The van der Waals surface area contributed by atoms with Gasteiger partial charge in [0.15, 0.2) is 5.78 Å². The van der Waals surface area contributed by atoms with Crippen molar-refractivity contribution >= 4 is 12.0 Å². The first-order chi connectivity index (χ1) is 5.22. The van der Waals surface area contributed by atoms with Crippen molar-refractivity contribution < 1.29 is 4.79 Å².